The molecule has 0 bridgehead atoms. The van der Waals surface area contributed by atoms with Crippen molar-refractivity contribution >= 4 is 12.0 Å². The summed E-state index contributed by atoms with van der Waals surface area (Å²) in [5.41, 5.74) is 1.42. The summed E-state index contributed by atoms with van der Waals surface area (Å²) in [6.07, 6.45) is 3.04. The van der Waals surface area contributed by atoms with Crippen LogP contribution in [0.15, 0.2) is 30.6 Å². The maximum atomic E-state index is 12.7. The van der Waals surface area contributed by atoms with E-state index in [-0.39, 0.29) is 12.0 Å². The van der Waals surface area contributed by atoms with E-state index in [1.807, 2.05) is 32.9 Å². The highest BCUT2D eigenvalue weighted by molar-refractivity contribution is 5.93. The van der Waals surface area contributed by atoms with Crippen LogP contribution in [-0.4, -0.2) is 68.8 Å². The highest BCUT2D eigenvalue weighted by Gasteiger charge is 2.28. The maximum Gasteiger partial charge on any atom is 0.410 e. The van der Waals surface area contributed by atoms with Crippen LogP contribution in [0.2, 0.25) is 0 Å². The van der Waals surface area contributed by atoms with Gasteiger partial charge in [0.1, 0.15) is 11.3 Å². The van der Waals surface area contributed by atoms with Gasteiger partial charge in [-0.1, -0.05) is 0 Å². The predicted octanol–water partition coefficient (Wildman–Crippen LogP) is 2.16. The van der Waals surface area contributed by atoms with Crippen LogP contribution < -0.4 is 0 Å². The summed E-state index contributed by atoms with van der Waals surface area (Å²) in [7, 11) is 0. The highest BCUT2D eigenvalue weighted by Crippen LogP contribution is 2.18. The van der Waals surface area contributed by atoms with E-state index >= 15 is 0 Å². The van der Waals surface area contributed by atoms with Gasteiger partial charge < -0.3 is 14.5 Å². The Hall–Kier alpha value is -2.90. The second-order valence-corrected chi connectivity index (χ2v) is 7.17. The Morgan fingerprint density at radius 3 is 2.46 bits per heavy atom. The third-order valence-corrected chi connectivity index (χ3v) is 3.98. The molecule has 8 nitrogen and oxygen atoms in total. The first-order valence-electron chi connectivity index (χ1n) is 8.56. The molecule has 0 spiro atoms. The Morgan fingerprint density at radius 1 is 1.15 bits per heavy atom. The zero-order chi connectivity index (χ0) is 18.7. The first-order chi connectivity index (χ1) is 12.3. The number of H-pyrrole nitrogens is 1. The zero-order valence-electron chi connectivity index (χ0n) is 15.2. The molecule has 3 heterocycles. The van der Waals surface area contributed by atoms with Crippen molar-refractivity contribution < 1.29 is 14.3 Å². The molecular weight excluding hydrogens is 334 g/mol. The molecule has 3 rings (SSSR count). The van der Waals surface area contributed by atoms with Gasteiger partial charge in [-0.25, -0.2) is 4.79 Å². The van der Waals surface area contributed by atoms with Crippen LogP contribution in [-0.2, 0) is 4.74 Å². The van der Waals surface area contributed by atoms with E-state index in [2.05, 4.69) is 15.2 Å². The van der Waals surface area contributed by atoms with E-state index in [1.54, 1.807) is 28.3 Å². The first kappa shape index (κ1) is 17.9. The van der Waals surface area contributed by atoms with Crippen LogP contribution in [0.5, 0.6) is 0 Å². The molecule has 138 valence electrons. The Morgan fingerprint density at radius 2 is 1.85 bits per heavy atom. The minimum Gasteiger partial charge on any atom is -0.444 e. The standard InChI is InChI=1S/C18H23N5O3/c1-18(2,3)26-17(25)23-9-7-22(8-10-23)16(24)15-11-14(20-21-15)13-5-4-6-19-12-13/h4-6,11-12H,7-10H2,1-3H3,(H,20,21). The molecule has 1 fully saturated rings. The molecule has 8 heteroatoms. The number of carbonyl (C=O) groups excluding carboxylic acids is 2. The Kier molecular flexibility index (Phi) is 4.92. The monoisotopic (exact) mass is 357 g/mol. The van der Waals surface area contributed by atoms with Gasteiger partial charge in [-0.2, -0.15) is 5.10 Å². The average molecular weight is 357 g/mol. The molecule has 0 atom stereocenters. The quantitative estimate of drug-likeness (QED) is 0.889. The van der Waals surface area contributed by atoms with E-state index < -0.39 is 5.60 Å². The van der Waals surface area contributed by atoms with Crippen molar-refractivity contribution in [1.29, 1.82) is 0 Å². The fraction of sp³-hybridized carbons (Fsp3) is 0.444. The lowest BCUT2D eigenvalue weighted by molar-refractivity contribution is 0.0140. The van der Waals surface area contributed by atoms with Crippen molar-refractivity contribution in [2.45, 2.75) is 26.4 Å². The fourth-order valence-corrected chi connectivity index (χ4v) is 2.68. The number of hydrogen-bond acceptors (Lipinski definition) is 5. The molecule has 1 N–H and O–H groups in total. The van der Waals surface area contributed by atoms with Gasteiger partial charge in [0.05, 0.1) is 5.69 Å². The Labute approximate surface area is 152 Å². The third kappa shape index (κ3) is 4.19. The molecule has 0 unspecified atom stereocenters. The largest absolute Gasteiger partial charge is 0.444 e. The van der Waals surface area contributed by atoms with Crippen LogP contribution in [0.25, 0.3) is 11.3 Å². The predicted molar refractivity (Wildman–Crippen MR) is 95.5 cm³/mol. The van der Waals surface area contributed by atoms with Crippen molar-refractivity contribution in [2.75, 3.05) is 26.2 Å². The minimum absolute atomic E-state index is 0.128. The minimum atomic E-state index is -0.525. The fourth-order valence-electron chi connectivity index (χ4n) is 2.68. The van der Waals surface area contributed by atoms with E-state index in [1.165, 1.54) is 0 Å². The summed E-state index contributed by atoms with van der Waals surface area (Å²) >= 11 is 0. The van der Waals surface area contributed by atoms with Crippen molar-refractivity contribution in [3.63, 3.8) is 0 Å². The van der Waals surface area contributed by atoms with Gasteiger partial charge in [-0.05, 0) is 39.0 Å². The van der Waals surface area contributed by atoms with Crippen molar-refractivity contribution in [1.82, 2.24) is 25.0 Å². The molecular formula is C18H23N5O3. The van der Waals surface area contributed by atoms with Gasteiger partial charge in [0, 0.05) is 44.1 Å². The number of aromatic nitrogens is 3. The van der Waals surface area contributed by atoms with E-state index in [0.29, 0.717) is 37.6 Å². The number of ether oxygens (including phenoxy) is 1. The number of aromatic amines is 1. The van der Waals surface area contributed by atoms with Gasteiger partial charge in [0.2, 0.25) is 0 Å². The molecule has 2 aromatic heterocycles. The van der Waals surface area contributed by atoms with Crippen LogP contribution in [0, 0.1) is 0 Å². The molecule has 0 saturated carbocycles. The maximum absolute atomic E-state index is 12.7. The van der Waals surface area contributed by atoms with Crippen LogP contribution in [0.4, 0.5) is 4.79 Å². The number of hydrogen-bond donors (Lipinski definition) is 1. The van der Waals surface area contributed by atoms with Crippen LogP contribution >= 0.6 is 0 Å². The lowest BCUT2D eigenvalue weighted by atomic mass is 10.2. The Balaban J connectivity index is 1.59. The lowest BCUT2D eigenvalue weighted by Gasteiger charge is -2.35. The highest BCUT2D eigenvalue weighted by atomic mass is 16.6. The van der Waals surface area contributed by atoms with Crippen LogP contribution in [0.3, 0.4) is 0 Å². The lowest BCUT2D eigenvalue weighted by Crippen LogP contribution is -2.51. The molecule has 1 saturated heterocycles. The summed E-state index contributed by atoms with van der Waals surface area (Å²) in [6, 6.07) is 5.43. The number of nitrogens with zero attached hydrogens (tertiary/aromatic N) is 4. The summed E-state index contributed by atoms with van der Waals surface area (Å²) in [4.78, 5) is 32.1. The number of nitrogens with one attached hydrogen (secondary N) is 1. The summed E-state index contributed by atoms with van der Waals surface area (Å²) in [5, 5.41) is 6.98. The molecule has 0 aliphatic carbocycles. The second kappa shape index (κ2) is 7.15. The van der Waals surface area contributed by atoms with E-state index in [0.717, 1.165) is 5.56 Å². The van der Waals surface area contributed by atoms with Gasteiger partial charge in [-0.15, -0.1) is 0 Å². The molecule has 26 heavy (non-hydrogen) atoms. The normalized spacial score (nSPS) is 15.0. The number of rotatable bonds is 2. The topological polar surface area (TPSA) is 91.4 Å². The Bertz CT molecular complexity index is 774. The third-order valence-electron chi connectivity index (χ3n) is 3.98. The first-order valence-corrected chi connectivity index (χ1v) is 8.56. The summed E-state index contributed by atoms with van der Waals surface area (Å²) in [5.74, 6) is -0.128. The number of pyridine rings is 1. The van der Waals surface area contributed by atoms with Crippen molar-refractivity contribution in [2.24, 2.45) is 0 Å². The average Bonchev–Trinajstić information content (AvgIpc) is 3.11. The number of carbonyl (C=O) groups is 2. The number of amides is 2. The van der Waals surface area contributed by atoms with Gasteiger partial charge >= 0.3 is 6.09 Å². The summed E-state index contributed by atoms with van der Waals surface area (Å²) in [6.45, 7) is 7.32. The molecule has 0 radical (unpaired) electrons. The second-order valence-electron chi connectivity index (χ2n) is 7.17. The van der Waals surface area contributed by atoms with E-state index in [4.69, 9.17) is 4.74 Å². The summed E-state index contributed by atoms with van der Waals surface area (Å²) < 4.78 is 5.37. The van der Waals surface area contributed by atoms with E-state index in [9.17, 15) is 9.59 Å². The molecule has 0 aromatic carbocycles. The van der Waals surface area contributed by atoms with Gasteiger partial charge in [0.25, 0.3) is 5.91 Å². The smallest absolute Gasteiger partial charge is 0.410 e. The van der Waals surface area contributed by atoms with Crippen molar-refractivity contribution in [3.8, 4) is 11.3 Å². The molecule has 2 aromatic rings. The van der Waals surface area contributed by atoms with Crippen LogP contribution in [0.1, 0.15) is 31.3 Å². The number of piperazine rings is 1. The van der Waals surface area contributed by atoms with Gasteiger partial charge in [0.15, 0.2) is 0 Å². The zero-order valence-corrected chi connectivity index (χ0v) is 15.2. The van der Waals surface area contributed by atoms with Gasteiger partial charge in [-0.3, -0.25) is 14.9 Å². The molecule has 2 amide bonds. The van der Waals surface area contributed by atoms with Crippen molar-refractivity contribution in [3.05, 3.63) is 36.3 Å². The SMILES string of the molecule is CC(C)(C)OC(=O)N1CCN(C(=O)c2cc(-c3cccnc3)n[nH]2)CC1. The molecule has 1 aliphatic rings. The molecule has 1 aliphatic heterocycles.